The summed E-state index contributed by atoms with van der Waals surface area (Å²) in [6.07, 6.45) is 0. The standard InChI is InChI=1S/C18H24NP/c1-15(16-11-7-5-8-12-16)19-20(18(2,3)4)17-13-9-6-10-14-17/h5-15,19H,1-4H3/t15-,20?/m0/s1. The van der Waals surface area contributed by atoms with Crippen molar-refractivity contribution in [3.8, 4) is 0 Å². The van der Waals surface area contributed by atoms with E-state index >= 15 is 0 Å². The summed E-state index contributed by atoms with van der Waals surface area (Å²) in [5.41, 5.74) is 1.35. The molecule has 0 radical (unpaired) electrons. The van der Waals surface area contributed by atoms with Gasteiger partial charge in [-0.2, -0.15) is 0 Å². The molecule has 2 aromatic carbocycles. The largest absolute Gasteiger partial charge is 0.285 e. The molecule has 106 valence electrons. The van der Waals surface area contributed by atoms with Gasteiger partial charge in [0.05, 0.1) is 0 Å². The Morgan fingerprint density at radius 1 is 0.850 bits per heavy atom. The van der Waals surface area contributed by atoms with Crippen molar-refractivity contribution in [3.05, 3.63) is 66.2 Å². The normalized spacial score (nSPS) is 14.8. The minimum Gasteiger partial charge on any atom is -0.285 e. The highest BCUT2D eigenvalue weighted by molar-refractivity contribution is 7.65. The molecule has 0 bridgehead atoms. The van der Waals surface area contributed by atoms with Crippen LogP contribution in [0.15, 0.2) is 60.7 Å². The van der Waals surface area contributed by atoms with Crippen molar-refractivity contribution in [1.82, 2.24) is 5.09 Å². The van der Waals surface area contributed by atoms with Crippen molar-refractivity contribution in [2.45, 2.75) is 38.9 Å². The molecule has 1 nitrogen and oxygen atoms in total. The molecule has 0 saturated carbocycles. The Hall–Kier alpha value is -1.17. The van der Waals surface area contributed by atoms with Crippen LogP contribution in [0.5, 0.6) is 0 Å². The molecule has 0 heterocycles. The molecule has 20 heavy (non-hydrogen) atoms. The Labute approximate surface area is 124 Å². The molecule has 0 aliphatic rings. The van der Waals surface area contributed by atoms with Gasteiger partial charge < -0.3 is 0 Å². The van der Waals surface area contributed by atoms with E-state index in [2.05, 4.69) is 93.4 Å². The molecule has 0 fully saturated rings. The maximum atomic E-state index is 3.85. The quantitative estimate of drug-likeness (QED) is 0.791. The van der Waals surface area contributed by atoms with Gasteiger partial charge in [-0.3, -0.25) is 5.09 Å². The van der Waals surface area contributed by atoms with Crippen molar-refractivity contribution in [1.29, 1.82) is 0 Å². The molecular formula is C18H24NP. The summed E-state index contributed by atoms with van der Waals surface area (Å²) in [5.74, 6) is 0. The number of hydrogen-bond acceptors (Lipinski definition) is 1. The first-order chi connectivity index (χ1) is 9.48. The van der Waals surface area contributed by atoms with E-state index in [1.807, 2.05) is 0 Å². The van der Waals surface area contributed by atoms with Crippen LogP contribution in [0.1, 0.15) is 39.3 Å². The van der Waals surface area contributed by atoms with Gasteiger partial charge in [0.2, 0.25) is 0 Å². The second kappa shape index (κ2) is 6.52. The average Bonchev–Trinajstić information content (AvgIpc) is 2.45. The Kier molecular flexibility index (Phi) is 4.96. The lowest BCUT2D eigenvalue weighted by molar-refractivity contribution is 0.705. The number of benzene rings is 2. The molecule has 0 aliphatic heterocycles. The monoisotopic (exact) mass is 285 g/mol. The first-order valence-corrected chi connectivity index (χ1v) is 8.49. The fourth-order valence-electron chi connectivity index (χ4n) is 2.24. The zero-order valence-corrected chi connectivity index (χ0v) is 13.7. The van der Waals surface area contributed by atoms with E-state index in [0.717, 1.165) is 0 Å². The fraction of sp³-hybridized carbons (Fsp3) is 0.333. The zero-order chi connectivity index (χ0) is 14.6. The second-order valence-electron chi connectivity index (χ2n) is 6.10. The predicted octanol–water partition coefficient (Wildman–Crippen LogP) is 4.86. The van der Waals surface area contributed by atoms with Crippen LogP contribution in [0.25, 0.3) is 0 Å². The lowest BCUT2D eigenvalue weighted by Gasteiger charge is -2.34. The van der Waals surface area contributed by atoms with Crippen LogP contribution in [0.2, 0.25) is 0 Å². The smallest absolute Gasteiger partial charge is 0.0330 e. The SMILES string of the molecule is C[C@H](NP(c1ccccc1)C(C)(C)C)c1ccccc1. The van der Waals surface area contributed by atoms with Crippen molar-refractivity contribution < 1.29 is 0 Å². The minimum absolute atomic E-state index is 0.236. The third-order valence-corrected chi connectivity index (χ3v) is 6.11. The minimum atomic E-state index is -0.410. The predicted molar refractivity (Wildman–Crippen MR) is 90.7 cm³/mol. The molecule has 2 heteroatoms. The topological polar surface area (TPSA) is 12.0 Å². The molecular weight excluding hydrogens is 261 g/mol. The average molecular weight is 285 g/mol. The molecule has 1 unspecified atom stereocenters. The van der Waals surface area contributed by atoms with Crippen molar-refractivity contribution in [2.75, 3.05) is 0 Å². The van der Waals surface area contributed by atoms with E-state index in [-0.39, 0.29) is 5.16 Å². The maximum absolute atomic E-state index is 3.85. The highest BCUT2D eigenvalue weighted by atomic mass is 31.1. The van der Waals surface area contributed by atoms with E-state index in [1.54, 1.807) is 0 Å². The molecule has 2 aromatic rings. The van der Waals surface area contributed by atoms with Crippen LogP contribution in [0, 0.1) is 0 Å². The van der Waals surface area contributed by atoms with E-state index in [0.29, 0.717) is 6.04 Å². The Morgan fingerprint density at radius 3 is 1.85 bits per heavy atom. The molecule has 1 N–H and O–H groups in total. The molecule has 2 rings (SSSR count). The second-order valence-corrected chi connectivity index (χ2v) is 8.89. The number of rotatable bonds is 4. The van der Waals surface area contributed by atoms with E-state index in [1.165, 1.54) is 10.9 Å². The van der Waals surface area contributed by atoms with Crippen LogP contribution in [0.3, 0.4) is 0 Å². The fourth-order valence-corrected chi connectivity index (χ4v) is 4.56. The van der Waals surface area contributed by atoms with Crippen molar-refractivity contribution in [3.63, 3.8) is 0 Å². The van der Waals surface area contributed by atoms with Crippen LogP contribution in [-0.4, -0.2) is 5.16 Å². The number of hydrogen-bond donors (Lipinski definition) is 1. The molecule has 0 amide bonds. The van der Waals surface area contributed by atoms with E-state index < -0.39 is 8.07 Å². The van der Waals surface area contributed by atoms with Gasteiger partial charge in [-0.25, -0.2) is 0 Å². The maximum Gasteiger partial charge on any atom is 0.0330 e. The summed E-state index contributed by atoms with van der Waals surface area (Å²) in [6, 6.07) is 21.9. The lowest BCUT2D eigenvalue weighted by Crippen LogP contribution is -2.30. The third-order valence-electron chi connectivity index (χ3n) is 3.31. The highest BCUT2D eigenvalue weighted by Gasteiger charge is 2.27. The van der Waals surface area contributed by atoms with Crippen LogP contribution in [-0.2, 0) is 0 Å². The molecule has 0 aliphatic carbocycles. The van der Waals surface area contributed by atoms with Gasteiger partial charge in [0.1, 0.15) is 0 Å². The van der Waals surface area contributed by atoms with Crippen molar-refractivity contribution >= 4 is 13.4 Å². The Morgan fingerprint density at radius 2 is 1.35 bits per heavy atom. The van der Waals surface area contributed by atoms with Gasteiger partial charge in [0.25, 0.3) is 0 Å². The summed E-state index contributed by atoms with van der Waals surface area (Å²) in [7, 11) is -0.410. The van der Waals surface area contributed by atoms with Crippen LogP contribution in [0.4, 0.5) is 0 Å². The molecule has 0 spiro atoms. The Bertz CT molecular complexity index is 516. The van der Waals surface area contributed by atoms with E-state index in [4.69, 9.17) is 0 Å². The van der Waals surface area contributed by atoms with Gasteiger partial charge in [0.15, 0.2) is 0 Å². The molecule has 0 saturated heterocycles. The summed E-state index contributed by atoms with van der Waals surface area (Å²) in [4.78, 5) is 0. The van der Waals surface area contributed by atoms with Gasteiger partial charge >= 0.3 is 0 Å². The third kappa shape index (κ3) is 3.91. The summed E-state index contributed by atoms with van der Waals surface area (Å²) >= 11 is 0. The first kappa shape index (κ1) is 15.2. The van der Waals surface area contributed by atoms with Crippen LogP contribution >= 0.6 is 8.07 Å². The summed E-state index contributed by atoms with van der Waals surface area (Å²) in [5, 5.41) is 5.50. The highest BCUT2D eigenvalue weighted by Crippen LogP contribution is 2.46. The Balaban J connectivity index is 2.22. The first-order valence-electron chi connectivity index (χ1n) is 7.15. The van der Waals surface area contributed by atoms with Gasteiger partial charge in [-0.05, 0) is 31.0 Å². The summed E-state index contributed by atoms with van der Waals surface area (Å²) in [6.45, 7) is 9.20. The molecule has 2 atom stereocenters. The lowest BCUT2D eigenvalue weighted by atomic mass is 10.1. The van der Waals surface area contributed by atoms with E-state index in [9.17, 15) is 0 Å². The van der Waals surface area contributed by atoms with Crippen molar-refractivity contribution in [2.24, 2.45) is 0 Å². The summed E-state index contributed by atoms with van der Waals surface area (Å²) < 4.78 is 0. The van der Waals surface area contributed by atoms with Gasteiger partial charge in [0, 0.05) is 6.04 Å². The van der Waals surface area contributed by atoms with Gasteiger partial charge in [-0.15, -0.1) is 0 Å². The molecule has 0 aromatic heterocycles. The van der Waals surface area contributed by atoms with Gasteiger partial charge in [-0.1, -0.05) is 81.4 Å². The van der Waals surface area contributed by atoms with Crippen LogP contribution < -0.4 is 10.4 Å². The zero-order valence-electron chi connectivity index (χ0n) is 12.8. The number of nitrogens with one attached hydrogen (secondary N) is 1.